The maximum absolute atomic E-state index is 10.6. The second-order valence-electron chi connectivity index (χ2n) is 4.81. The summed E-state index contributed by atoms with van der Waals surface area (Å²) in [5, 5.41) is 17.0. The molecule has 116 valence electrons. The molecule has 1 aromatic carbocycles. The summed E-state index contributed by atoms with van der Waals surface area (Å²) in [6.07, 6.45) is 0. The molecule has 1 rings (SSSR count). The lowest BCUT2D eigenvalue weighted by molar-refractivity contribution is -0.384. The van der Waals surface area contributed by atoms with Crippen molar-refractivity contribution < 1.29 is 9.66 Å². The number of aliphatic imine (C=N–C) groups is 1. The minimum Gasteiger partial charge on any atom is -0.383 e. The average molecular weight is 294 g/mol. The van der Waals surface area contributed by atoms with Crippen LogP contribution >= 0.6 is 0 Å². The summed E-state index contributed by atoms with van der Waals surface area (Å²) >= 11 is 0. The molecule has 21 heavy (non-hydrogen) atoms. The van der Waals surface area contributed by atoms with Gasteiger partial charge in [-0.15, -0.1) is 0 Å². The maximum atomic E-state index is 10.6. The first-order valence-electron chi connectivity index (χ1n) is 6.80. The molecule has 0 saturated heterocycles. The highest BCUT2D eigenvalue weighted by Gasteiger charge is 2.04. The molecular weight excluding hydrogens is 272 g/mol. The highest BCUT2D eigenvalue weighted by molar-refractivity contribution is 5.80. The number of methoxy groups -OCH3 is 1. The van der Waals surface area contributed by atoms with E-state index in [0.29, 0.717) is 25.7 Å². The number of ether oxygens (including phenoxy) is 1. The SMILES string of the molecule is COCCNC(=NCc1ccc([N+](=O)[O-])cc1)NC(C)C. The first-order chi connectivity index (χ1) is 10.0. The quantitative estimate of drug-likeness (QED) is 0.263. The van der Waals surface area contributed by atoms with Gasteiger partial charge in [0.05, 0.1) is 18.1 Å². The maximum Gasteiger partial charge on any atom is 0.269 e. The van der Waals surface area contributed by atoms with E-state index in [1.165, 1.54) is 12.1 Å². The van der Waals surface area contributed by atoms with Gasteiger partial charge in [0.25, 0.3) is 5.69 Å². The topological polar surface area (TPSA) is 88.8 Å². The molecule has 0 aromatic heterocycles. The zero-order chi connectivity index (χ0) is 15.7. The van der Waals surface area contributed by atoms with Crippen molar-refractivity contribution in [3.05, 3.63) is 39.9 Å². The van der Waals surface area contributed by atoms with Crippen LogP contribution in [0, 0.1) is 10.1 Å². The van der Waals surface area contributed by atoms with Gasteiger partial charge in [-0.25, -0.2) is 4.99 Å². The molecule has 0 fully saturated rings. The summed E-state index contributed by atoms with van der Waals surface area (Å²) in [5.74, 6) is 0.695. The van der Waals surface area contributed by atoms with Crippen LogP contribution in [0.25, 0.3) is 0 Å². The fourth-order valence-electron chi connectivity index (χ4n) is 1.59. The summed E-state index contributed by atoms with van der Waals surface area (Å²) in [4.78, 5) is 14.6. The summed E-state index contributed by atoms with van der Waals surface area (Å²) in [6, 6.07) is 6.65. The first-order valence-corrected chi connectivity index (χ1v) is 6.80. The number of hydrogen-bond acceptors (Lipinski definition) is 4. The van der Waals surface area contributed by atoms with E-state index < -0.39 is 4.92 Å². The first kappa shape index (κ1) is 16.9. The second kappa shape index (κ2) is 8.91. The van der Waals surface area contributed by atoms with E-state index in [2.05, 4.69) is 15.6 Å². The van der Waals surface area contributed by atoms with Crippen molar-refractivity contribution in [2.24, 2.45) is 4.99 Å². The van der Waals surface area contributed by atoms with E-state index in [1.54, 1.807) is 19.2 Å². The van der Waals surface area contributed by atoms with Gasteiger partial charge in [0.15, 0.2) is 5.96 Å². The number of nitro benzene ring substituents is 1. The van der Waals surface area contributed by atoms with Gasteiger partial charge in [0, 0.05) is 31.8 Å². The predicted octanol–water partition coefficient (Wildman–Crippen LogP) is 1.68. The average Bonchev–Trinajstić information content (AvgIpc) is 2.44. The van der Waals surface area contributed by atoms with Crippen molar-refractivity contribution in [1.82, 2.24) is 10.6 Å². The Balaban J connectivity index is 2.64. The van der Waals surface area contributed by atoms with Gasteiger partial charge in [-0.3, -0.25) is 10.1 Å². The molecule has 0 bridgehead atoms. The van der Waals surface area contributed by atoms with Crippen molar-refractivity contribution in [2.45, 2.75) is 26.4 Å². The highest BCUT2D eigenvalue weighted by Crippen LogP contribution is 2.12. The van der Waals surface area contributed by atoms with Gasteiger partial charge in [-0.1, -0.05) is 12.1 Å². The van der Waals surface area contributed by atoms with E-state index in [1.807, 2.05) is 13.8 Å². The smallest absolute Gasteiger partial charge is 0.269 e. The van der Waals surface area contributed by atoms with E-state index in [0.717, 1.165) is 5.56 Å². The predicted molar refractivity (Wildman–Crippen MR) is 82.4 cm³/mol. The van der Waals surface area contributed by atoms with Crippen molar-refractivity contribution in [3.63, 3.8) is 0 Å². The molecule has 7 nitrogen and oxygen atoms in total. The molecule has 2 N–H and O–H groups in total. The second-order valence-corrected chi connectivity index (χ2v) is 4.81. The van der Waals surface area contributed by atoms with Crippen LogP contribution in [0.5, 0.6) is 0 Å². The van der Waals surface area contributed by atoms with E-state index in [-0.39, 0.29) is 11.7 Å². The van der Waals surface area contributed by atoms with E-state index in [4.69, 9.17) is 4.74 Å². The summed E-state index contributed by atoms with van der Waals surface area (Å²) in [6.45, 7) is 5.76. The molecule has 0 heterocycles. The van der Waals surface area contributed by atoms with Gasteiger partial charge in [-0.05, 0) is 19.4 Å². The third kappa shape index (κ3) is 6.71. The Morgan fingerprint density at radius 2 is 2.05 bits per heavy atom. The summed E-state index contributed by atoms with van der Waals surface area (Å²) < 4.78 is 4.99. The number of hydrogen-bond donors (Lipinski definition) is 2. The molecule has 1 aromatic rings. The molecule has 0 radical (unpaired) electrons. The molecule has 0 aliphatic rings. The number of guanidine groups is 1. The Labute approximate surface area is 124 Å². The molecule has 0 spiro atoms. The van der Waals surface area contributed by atoms with Gasteiger partial charge >= 0.3 is 0 Å². The van der Waals surface area contributed by atoms with Crippen molar-refractivity contribution in [3.8, 4) is 0 Å². The van der Waals surface area contributed by atoms with Crippen LogP contribution in [-0.4, -0.2) is 37.2 Å². The summed E-state index contributed by atoms with van der Waals surface area (Å²) in [5.41, 5.74) is 0.999. The standard InChI is InChI=1S/C14H22N4O3/c1-11(2)17-14(15-8-9-21-3)16-10-12-4-6-13(7-5-12)18(19)20/h4-7,11H,8-10H2,1-3H3,(H2,15,16,17). The molecule has 0 aliphatic carbocycles. The van der Waals surface area contributed by atoms with Crippen LogP contribution < -0.4 is 10.6 Å². The van der Waals surface area contributed by atoms with Gasteiger partial charge in [0.2, 0.25) is 0 Å². The van der Waals surface area contributed by atoms with Crippen LogP contribution in [-0.2, 0) is 11.3 Å². The Hall–Kier alpha value is -2.15. The molecule has 0 amide bonds. The highest BCUT2D eigenvalue weighted by atomic mass is 16.6. The molecule has 0 aliphatic heterocycles. The fraction of sp³-hybridized carbons (Fsp3) is 0.500. The van der Waals surface area contributed by atoms with Crippen LogP contribution in [0.1, 0.15) is 19.4 Å². The number of nitrogens with one attached hydrogen (secondary N) is 2. The minimum atomic E-state index is -0.412. The zero-order valence-corrected chi connectivity index (χ0v) is 12.6. The number of rotatable bonds is 7. The summed E-state index contributed by atoms with van der Waals surface area (Å²) in [7, 11) is 1.64. The van der Waals surface area contributed by atoms with Gasteiger partial charge in [-0.2, -0.15) is 0 Å². The van der Waals surface area contributed by atoms with E-state index >= 15 is 0 Å². The van der Waals surface area contributed by atoms with Gasteiger partial charge in [0.1, 0.15) is 0 Å². The van der Waals surface area contributed by atoms with E-state index in [9.17, 15) is 10.1 Å². The van der Waals surface area contributed by atoms with Crippen molar-refractivity contribution >= 4 is 11.6 Å². The molecule has 0 atom stereocenters. The Morgan fingerprint density at radius 1 is 1.38 bits per heavy atom. The van der Waals surface area contributed by atoms with Crippen LogP contribution in [0.15, 0.2) is 29.3 Å². The largest absolute Gasteiger partial charge is 0.383 e. The number of nitrogens with zero attached hydrogens (tertiary/aromatic N) is 2. The fourth-order valence-corrected chi connectivity index (χ4v) is 1.59. The number of nitro groups is 1. The Bertz CT molecular complexity index is 472. The van der Waals surface area contributed by atoms with Crippen molar-refractivity contribution in [1.29, 1.82) is 0 Å². The minimum absolute atomic E-state index is 0.0847. The normalized spacial score (nSPS) is 11.5. The third-order valence-electron chi connectivity index (χ3n) is 2.59. The molecule has 7 heteroatoms. The lowest BCUT2D eigenvalue weighted by atomic mass is 10.2. The molecule has 0 saturated carbocycles. The van der Waals surface area contributed by atoms with Crippen molar-refractivity contribution in [2.75, 3.05) is 20.3 Å². The lowest BCUT2D eigenvalue weighted by Gasteiger charge is -2.14. The van der Waals surface area contributed by atoms with Gasteiger partial charge < -0.3 is 15.4 Å². The lowest BCUT2D eigenvalue weighted by Crippen LogP contribution is -2.42. The van der Waals surface area contributed by atoms with Crippen LogP contribution in [0.3, 0.4) is 0 Å². The zero-order valence-electron chi connectivity index (χ0n) is 12.6. The third-order valence-corrected chi connectivity index (χ3v) is 2.59. The molecule has 0 unspecified atom stereocenters. The Morgan fingerprint density at radius 3 is 2.57 bits per heavy atom. The number of benzene rings is 1. The van der Waals surface area contributed by atoms with Crippen LogP contribution in [0.4, 0.5) is 5.69 Å². The number of non-ortho nitro benzene ring substituents is 1. The monoisotopic (exact) mass is 294 g/mol. The molecular formula is C14H22N4O3. The van der Waals surface area contributed by atoms with Crippen LogP contribution in [0.2, 0.25) is 0 Å². The Kier molecular flexibility index (Phi) is 7.17.